The molecular weight excluding hydrogens is 402 g/mol. The highest BCUT2D eigenvalue weighted by atomic mass is 16.7. The number of rotatable bonds is 5. The molecule has 1 aromatic carbocycles. The maximum absolute atomic E-state index is 12.8. The zero-order chi connectivity index (χ0) is 22.5. The third-order valence-corrected chi connectivity index (χ3v) is 5.57. The van der Waals surface area contributed by atoms with E-state index in [1.807, 2.05) is 13.8 Å². The normalized spacial score (nSPS) is 19.0. The second-order valence-electron chi connectivity index (χ2n) is 7.97. The van der Waals surface area contributed by atoms with Gasteiger partial charge in [-0.3, -0.25) is 14.4 Å². The van der Waals surface area contributed by atoms with Gasteiger partial charge in [0.25, 0.3) is 5.91 Å². The molecule has 3 amide bonds. The minimum absolute atomic E-state index is 0.0101. The summed E-state index contributed by atoms with van der Waals surface area (Å²) in [6.07, 6.45) is -0.529. The van der Waals surface area contributed by atoms with Crippen molar-refractivity contribution < 1.29 is 28.7 Å². The average Bonchev–Trinajstić information content (AvgIpc) is 3.15. The monoisotopic (exact) mass is 431 g/mol. The van der Waals surface area contributed by atoms with Gasteiger partial charge in [-0.2, -0.15) is 0 Å². The third-order valence-electron chi connectivity index (χ3n) is 5.57. The van der Waals surface area contributed by atoms with Crippen LogP contribution in [0.3, 0.4) is 0 Å². The summed E-state index contributed by atoms with van der Waals surface area (Å²) < 4.78 is 9.71. The maximum Gasteiger partial charge on any atom is 0.513 e. The average molecular weight is 431 g/mol. The Balaban J connectivity index is 1.51. The molecule has 1 unspecified atom stereocenters. The molecule has 0 aliphatic carbocycles. The summed E-state index contributed by atoms with van der Waals surface area (Å²) in [5.41, 5.74) is 0.477. The molecule has 31 heavy (non-hydrogen) atoms. The molecule has 2 aliphatic rings. The second-order valence-corrected chi connectivity index (χ2v) is 7.97. The van der Waals surface area contributed by atoms with Gasteiger partial charge < -0.3 is 24.2 Å². The first-order valence-electron chi connectivity index (χ1n) is 10.6. The third kappa shape index (κ3) is 5.34. The minimum Gasteiger partial charge on any atom is -0.434 e. The van der Waals surface area contributed by atoms with Crippen molar-refractivity contribution in [3.8, 4) is 5.75 Å². The van der Waals surface area contributed by atoms with E-state index in [1.54, 1.807) is 45.9 Å². The molecule has 168 valence electrons. The van der Waals surface area contributed by atoms with Crippen molar-refractivity contribution in [3.05, 3.63) is 29.8 Å². The summed E-state index contributed by atoms with van der Waals surface area (Å²) in [5, 5.41) is 0. The van der Waals surface area contributed by atoms with E-state index in [0.717, 1.165) is 0 Å². The number of nitrogens with zero attached hydrogens (tertiary/aromatic N) is 3. The Labute approximate surface area is 181 Å². The van der Waals surface area contributed by atoms with Gasteiger partial charge in [0.15, 0.2) is 0 Å². The van der Waals surface area contributed by atoms with Crippen LogP contribution in [0.2, 0.25) is 0 Å². The standard InChI is InChI=1S/C22H29N3O6/c1-4-30-22(29)31-18-7-5-16(6-8-18)20(27)23-9-11-24(12-10-23)21(28)17-13-19(26)25(14-17)15(2)3/h5-8,15,17H,4,9-14H2,1-3H3. The van der Waals surface area contributed by atoms with Crippen LogP contribution < -0.4 is 4.74 Å². The minimum atomic E-state index is -0.789. The van der Waals surface area contributed by atoms with Gasteiger partial charge in [-0.05, 0) is 45.0 Å². The summed E-state index contributed by atoms with van der Waals surface area (Å²) >= 11 is 0. The largest absolute Gasteiger partial charge is 0.513 e. The fourth-order valence-electron chi connectivity index (χ4n) is 3.88. The SMILES string of the molecule is CCOC(=O)Oc1ccc(C(=O)N2CCN(C(=O)C3CC(=O)N(C(C)C)C3)CC2)cc1. The van der Waals surface area contributed by atoms with Crippen molar-refractivity contribution in [1.29, 1.82) is 0 Å². The van der Waals surface area contributed by atoms with Crippen LogP contribution in [0, 0.1) is 5.92 Å². The molecule has 0 spiro atoms. The molecule has 9 heteroatoms. The fraction of sp³-hybridized carbons (Fsp3) is 0.545. The van der Waals surface area contributed by atoms with E-state index in [9.17, 15) is 19.2 Å². The highest BCUT2D eigenvalue weighted by molar-refractivity contribution is 5.95. The van der Waals surface area contributed by atoms with Gasteiger partial charge in [0.1, 0.15) is 5.75 Å². The van der Waals surface area contributed by atoms with Crippen LogP contribution in [0.15, 0.2) is 24.3 Å². The number of likely N-dealkylation sites (tertiary alicyclic amines) is 1. The van der Waals surface area contributed by atoms with E-state index < -0.39 is 6.16 Å². The van der Waals surface area contributed by atoms with E-state index in [4.69, 9.17) is 9.47 Å². The molecule has 0 aromatic heterocycles. The van der Waals surface area contributed by atoms with Crippen LogP contribution in [-0.2, 0) is 14.3 Å². The number of amides is 3. The van der Waals surface area contributed by atoms with Gasteiger partial charge in [0.05, 0.1) is 12.5 Å². The lowest BCUT2D eigenvalue weighted by Gasteiger charge is -2.36. The fourth-order valence-corrected chi connectivity index (χ4v) is 3.88. The second kappa shape index (κ2) is 9.80. The Morgan fingerprint density at radius 3 is 2.19 bits per heavy atom. The molecule has 0 radical (unpaired) electrons. The molecule has 0 N–H and O–H groups in total. The Hall–Kier alpha value is -3.10. The van der Waals surface area contributed by atoms with Crippen LogP contribution in [0.25, 0.3) is 0 Å². The van der Waals surface area contributed by atoms with Crippen LogP contribution in [0.1, 0.15) is 37.6 Å². The van der Waals surface area contributed by atoms with Gasteiger partial charge in [-0.15, -0.1) is 0 Å². The van der Waals surface area contributed by atoms with Gasteiger partial charge in [-0.25, -0.2) is 4.79 Å². The number of carbonyl (C=O) groups is 4. The topological polar surface area (TPSA) is 96.5 Å². The number of hydrogen-bond donors (Lipinski definition) is 0. The maximum atomic E-state index is 12.8. The predicted molar refractivity (Wildman–Crippen MR) is 112 cm³/mol. The van der Waals surface area contributed by atoms with Gasteiger partial charge in [0.2, 0.25) is 11.8 Å². The van der Waals surface area contributed by atoms with Crippen LogP contribution in [0.5, 0.6) is 5.75 Å². The van der Waals surface area contributed by atoms with E-state index in [-0.39, 0.29) is 42.7 Å². The lowest BCUT2D eigenvalue weighted by molar-refractivity contribution is -0.137. The van der Waals surface area contributed by atoms with Crippen LogP contribution in [0.4, 0.5) is 4.79 Å². The summed E-state index contributed by atoms with van der Waals surface area (Å²) in [4.78, 5) is 54.2. The van der Waals surface area contributed by atoms with Crippen molar-refractivity contribution in [3.63, 3.8) is 0 Å². The smallest absolute Gasteiger partial charge is 0.434 e. The number of benzene rings is 1. The van der Waals surface area contributed by atoms with Crippen molar-refractivity contribution in [1.82, 2.24) is 14.7 Å². The van der Waals surface area contributed by atoms with Crippen molar-refractivity contribution in [2.45, 2.75) is 33.2 Å². The van der Waals surface area contributed by atoms with Gasteiger partial charge >= 0.3 is 6.16 Å². The van der Waals surface area contributed by atoms with Crippen molar-refractivity contribution >= 4 is 23.9 Å². The first-order valence-corrected chi connectivity index (χ1v) is 10.6. The molecule has 3 rings (SSSR count). The molecule has 0 bridgehead atoms. The molecule has 2 aliphatic heterocycles. The molecule has 2 heterocycles. The molecule has 1 atom stereocenters. The zero-order valence-electron chi connectivity index (χ0n) is 18.2. The Morgan fingerprint density at radius 2 is 1.65 bits per heavy atom. The first-order chi connectivity index (χ1) is 14.8. The molecule has 1 aromatic rings. The Kier molecular flexibility index (Phi) is 7.14. The summed E-state index contributed by atoms with van der Waals surface area (Å²) in [6.45, 7) is 8.02. The van der Waals surface area contributed by atoms with E-state index in [2.05, 4.69) is 0 Å². The molecule has 0 saturated carbocycles. The molecular formula is C22H29N3O6. The summed E-state index contributed by atoms with van der Waals surface area (Å²) in [6, 6.07) is 6.37. The zero-order valence-corrected chi connectivity index (χ0v) is 18.2. The molecule has 9 nitrogen and oxygen atoms in total. The van der Waals surface area contributed by atoms with Crippen molar-refractivity contribution in [2.24, 2.45) is 5.92 Å². The lowest BCUT2D eigenvalue weighted by Crippen LogP contribution is -2.52. The summed E-state index contributed by atoms with van der Waals surface area (Å²) in [5.74, 6) is -0.130. The Morgan fingerprint density at radius 1 is 1.03 bits per heavy atom. The van der Waals surface area contributed by atoms with E-state index in [0.29, 0.717) is 44.0 Å². The first kappa shape index (κ1) is 22.6. The van der Waals surface area contributed by atoms with Gasteiger partial charge in [-0.1, -0.05) is 0 Å². The molecule has 2 fully saturated rings. The van der Waals surface area contributed by atoms with E-state index in [1.165, 1.54) is 0 Å². The lowest BCUT2D eigenvalue weighted by atomic mass is 10.1. The number of carbonyl (C=O) groups excluding carboxylic acids is 4. The number of piperazine rings is 1. The van der Waals surface area contributed by atoms with Crippen LogP contribution in [-0.4, -0.2) is 83.9 Å². The quantitative estimate of drug-likeness (QED) is 0.521. The summed E-state index contributed by atoms with van der Waals surface area (Å²) in [7, 11) is 0. The Bertz CT molecular complexity index is 830. The number of ether oxygens (including phenoxy) is 2. The molecule has 2 saturated heterocycles. The van der Waals surface area contributed by atoms with Gasteiger partial charge in [0, 0.05) is 50.7 Å². The van der Waals surface area contributed by atoms with Crippen molar-refractivity contribution in [2.75, 3.05) is 39.3 Å². The highest BCUT2D eigenvalue weighted by Crippen LogP contribution is 2.23. The predicted octanol–water partition coefficient (Wildman–Crippen LogP) is 1.76. The number of hydrogen-bond acceptors (Lipinski definition) is 6. The highest BCUT2D eigenvalue weighted by Gasteiger charge is 2.38. The van der Waals surface area contributed by atoms with Crippen LogP contribution >= 0.6 is 0 Å². The van der Waals surface area contributed by atoms with E-state index >= 15 is 0 Å².